The molecule has 9 heteroatoms. The van der Waals surface area contributed by atoms with Gasteiger partial charge in [0.15, 0.2) is 5.82 Å². The van der Waals surface area contributed by atoms with Crippen molar-refractivity contribution < 1.29 is 13.5 Å². The number of hydrogen-bond acceptors (Lipinski definition) is 5. The van der Waals surface area contributed by atoms with Crippen LogP contribution in [0.5, 0.6) is 5.75 Å². The number of nitrogens with zero attached hydrogens (tertiary/aromatic N) is 4. The van der Waals surface area contributed by atoms with Crippen LogP contribution in [-0.4, -0.2) is 62.8 Å². The summed E-state index contributed by atoms with van der Waals surface area (Å²) in [6.07, 6.45) is 1.61. The Kier molecular flexibility index (Phi) is 5.30. The molecule has 6 rings (SSSR count). The number of nitrogens with one attached hydrogen (secondary N) is 2. The van der Waals surface area contributed by atoms with Gasteiger partial charge in [-0.2, -0.15) is 5.10 Å². The molecule has 2 aliphatic rings. The molecular weight excluding hydrogens is 438 g/mol. The number of halogens is 2. The summed E-state index contributed by atoms with van der Waals surface area (Å²) in [6.45, 7) is 4.32. The molecule has 1 unspecified atom stereocenters. The molecule has 0 saturated carbocycles. The van der Waals surface area contributed by atoms with Gasteiger partial charge < -0.3 is 14.6 Å². The van der Waals surface area contributed by atoms with E-state index in [0.717, 1.165) is 66.1 Å². The smallest absolute Gasteiger partial charge is 0.159 e. The van der Waals surface area contributed by atoms with Crippen molar-refractivity contribution >= 4 is 10.9 Å². The first-order chi connectivity index (χ1) is 16.5. The maximum atomic E-state index is 13.4. The lowest BCUT2D eigenvalue weighted by Crippen LogP contribution is -2.33. The Morgan fingerprint density at radius 2 is 1.97 bits per heavy atom. The molecule has 1 saturated heterocycles. The average molecular weight is 465 g/mol. The predicted molar refractivity (Wildman–Crippen MR) is 124 cm³/mol. The number of likely N-dealkylation sites (N-methyl/N-ethyl adjacent to an activating group) is 1. The van der Waals surface area contributed by atoms with E-state index in [1.54, 1.807) is 0 Å². The van der Waals surface area contributed by atoms with Gasteiger partial charge in [0.05, 0.1) is 23.5 Å². The van der Waals surface area contributed by atoms with Crippen LogP contribution in [0.3, 0.4) is 0 Å². The SMILES string of the molecule is CN1CCC(N2Cc3nc(-c4n[nH]c5ccc(OCCc6cc(F)cc(F)c6)cc45)[nH]c3C2)C1. The highest BCUT2D eigenvalue weighted by molar-refractivity contribution is 5.92. The van der Waals surface area contributed by atoms with Crippen LogP contribution in [0.25, 0.3) is 22.4 Å². The number of hydrogen-bond donors (Lipinski definition) is 2. The number of imidazole rings is 1. The lowest BCUT2D eigenvalue weighted by atomic mass is 10.1. The minimum absolute atomic E-state index is 0.308. The molecule has 0 radical (unpaired) electrons. The summed E-state index contributed by atoms with van der Waals surface area (Å²) in [7, 11) is 2.17. The van der Waals surface area contributed by atoms with E-state index in [1.807, 2.05) is 18.2 Å². The summed E-state index contributed by atoms with van der Waals surface area (Å²) in [6, 6.07) is 9.80. The van der Waals surface area contributed by atoms with Crippen molar-refractivity contribution in [2.45, 2.75) is 32.0 Å². The number of rotatable bonds is 6. The molecule has 0 bridgehead atoms. The molecule has 0 spiro atoms. The molecule has 34 heavy (non-hydrogen) atoms. The van der Waals surface area contributed by atoms with Crippen LogP contribution in [0.15, 0.2) is 36.4 Å². The van der Waals surface area contributed by atoms with Gasteiger partial charge in [-0.3, -0.25) is 10.00 Å². The van der Waals surface area contributed by atoms with Crippen molar-refractivity contribution in [3.63, 3.8) is 0 Å². The van der Waals surface area contributed by atoms with Gasteiger partial charge in [0.25, 0.3) is 0 Å². The van der Waals surface area contributed by atoms with Gasteiger partial charge in [-0.15, -0.1) is 0 Å². The summed E-state index contributed by atoms with van der Waals surface area (Å²) in [5, 5.41) is 8.47. The molecule has 2 N–H and O–H groups in total. The first-order valence-electron chi connectivity index (χ1n) is 11.6. The van der Waals surface area contributed by atoms with Crippen molar-refractivity contribution in [2.75, 3.05) is 26.7 Å². The molecule has 4 aromatic rings. The van der Waals surface area contributed by atoms with Gasteiger partial charge in [-0.25, -0.2) is 13.8 Å². The predicted octanol–water partition coefficient (Wildman–Crippen LogP) is 3.87. The van der Waals surface area contributed by atoms with Gasteiger partial charge in [0.2, 0.25) is 0 Å². The van der Waals surface area contributed by atoms with Gasteiger partial charge >= 0.3 is 0 Å². The lowest BCUT2D eigenvalue weighted by Gasteiger charge is -2.22. The zero-order valence-corrected chi connectivity index (χ0v) is 18.9. The second-order valence-electron chi connectivity index (χ2n) is 9.28. The molecule has 1 atom stereocenters. The lowest BCUT2D eigenvalue weighted by molar-refractivity contribution is 0.198. The van der Waals surface area contributed by atoms with Crippen LogP contribution in [0.1, 0.15) is 23.4 Å². The third-order valence-corrected chi connectivity index (χ3v) is 6.80. The Hall–Kier alpha value is -3.30. The van der Waals surface area contributed by atoms with Crippen LogP contribution >= 0.6 is 0 Å². The molecule has 2 aromatic carbocycles. The van der Waals surface area contributed by atoms with Crippen molar-refractivity contribution in [3.05, 3.63) is 65.0 Å². The fraction of sp³-hybridized carbons (Fsp3) is 0.360. The van der Waals surface area contributed by atoms with Crippen LogP contribution in [0.2, 0.25) is 0 Å². The highest BCUT2D eigenvalue weighted by atomic mass is 19.1. The summed E-state index contributed by atoms with van der Waals surface area (Å²) >= 11 is 0. The Labute approximate surface area is 195 Å². The zero-order chi connectivity index (χ0) is 23.2. The van der Waals surface area contributed by atoms with E-state index >= 15 is 0 Å². The van der Waals surface area contributed by atoms with Gasteiger partial charge in [0.1, 0.15) is 23.1 Å². The minimum Gasteiger partial charge on any atom is -0.493 e. The molecule has 2 aromatic heterocycles. The maximum absolute atomic E-state index is 13.4. The summed E-state index contributed by atoms with van der Waals surface area (Å²) in [5.74, 6) is 0.265. The molecular formula is C25H26F2N6O. The maximum Gasteiger partial charge on any atom is 0.159 e. The Bertz CT molecular complexity index is 1300. The highest BCUT2D eigenvalue weighted by Crippen LogP contribution is 2.32. The van der Waals surface area contributed by atoms with E-state index in [9.17, 15) is 8.78 Å². The molecule has 0 aliphatic carbocycles. The second-order valence-corrected chi connectivity index (χ2v) is 9.28. The first-order valence-corrected chi connectivity index (χ1v) is 11.6. The van der Waals surface area contributed by atoms with Crippen LogP contribution in [0.4, 0.5) is 8.78 Å². The largest absolute Gasteiger partial charge is 0.493 e. The second kappa shape index (κ2) is 8.48. The monoisotopic (exact) mass is 464 g/mol. The third-order valence-electron chi connectivity index (χ3n) is 6.80. The number of likely N-dealkylation sites (tertiary alicyclic amines) is 1. The fourth-order valence-corrected chi connectivity index (χ4v) is 5.04. The van der Waals surface area contributed by atoms with Crippen molar-refractivity contribution in [3.8, 4) is 17.3 Å². The quantitative estimate of drug-likeness (QED) is 0.453. The number of aromatic nitrogens is 4. The standard InChI is InChI=1S/C25H26F2N6O/c1-32-6-4-18(12-32)33-13-22-23(14-33)29-25(28-22)24-20-11-19(2-3-21(20)30-31-24)34-7-5-15-8-16(26)10-17(27)9-15/h2-3,8-11,18H,4-7,12-14H2,1H3,(H,28,29)(H,30,31). The van der Waals surface area contributed by atoms with Crippen molar-refractivity contribution in [2.24, 2.45) is 0 Å². The van der Waals surface area contributed by atoms with Crippen LogP contribution in [-0.2, 0) is 19.5 Å². The van der Waals surface area contributed by atoms with Crippen LogP contribution < -0.4 is 4.74 Å². The van der Waals surface area contributed by atoms with E-state index in [2.05, 4.69) is 32.0 Å². The molecule has 7 nitrogen and oxygen atoms in total. The van der Waals surface area contributed by atoms with E-state index in [0.29, 0.717) is 30.4 Å². The summed E-state index contributed by atoms with van der Waals surface area (Å²) in [4.78, 5) is 13.2. The Morgan fingerprint density at radius 3 is 2.74 bits per heavy atom. The van der Waals surface area contributed by atoms with Gasteiger partial charge in [0, 0.05) is 43.5 Å². The number of H-pyrrole nitrogens is 2. The fourth-order valence-electron chi connectivity index (χ4n) is 5.04. The first kappa shape index (κ1) is 21.2. The summed E-state index contributed by atoms with van der Waals surface area (Å²) < 4.78 is 32.7. The zero-order valence-electron chi connectivity index (χ0n) is 18.9. The van der Waals surface area contributed by atoms with Gasteiger partial charge in [-0.1, -0.05) is 0 Å². The minimum atomic E-state index is -0.580. The number of aromatic amines is 2. The molecule has 2 aliphatic heterocycles. The molecule has 176 valence electrons. The van der Waals surface area contributed by atoms with E-state index in [4.69, 9.17) is 9.72 Å². The topological polar surface area (TPSA) is 73.1 Å². The van der Waals surface area contributed by atoms with Crippen molar-refractivity contribution in [1.29, 1.82) is 0 Å². The Balaban J connectivity index is 1.16. The summed E-state index contributed by atoms with van der Waals surface area (Å²) in [5.41, 5.74) is 4.47. The normalized spacial score (nSPS) is 18.7. The van der Waals surface area contributed by atoms with Crippen LogP contribution in [0, 0.1) is 11.6 Å². The number of benzene rings is 2. The third kappa shape index (κ3) is 4.05. The van der Waals surface area contributed by atoms with E-state index < -0.39 is 11.6 Å². The molecule has 1 fully saturated rings. The van der Waals surface area contributed by atoms with E-state index in [1.165, 1.54) is 18.6 Å². The van der Waals surface area contributed by atoms with E-state index in [-0.39, 0.29) is 0 Å². The highest BCUT2D eigenvalue weighted by Gasteiger charge is 2.32. The average Bonchev–Trinajstić information content (AvgIpc) is 3.55. The Morgan fingerprint density at radius 1 is 1.12 bits per heavy atom. The van der Waals surface area contributed by atoms with Gasteiger partial charge in [-0.05, 0) is 55.9 Å². The van der Waals surface area contributed by atoms with Crippen molar-refractivity contribution in [1.82, 2.24) is 30.0 Å². The number of ether oxygens (including phenoxy) is 1. The molecule has 0 amide bonds. The number of fused-ring (bicyclic) bond motifs is 2. The molecule has 4 heterocycles.